The summed E-state index contributed by atoms with van der Waals surface area (Å²) >= 11 is 0. The average Bonchev–Trinajstić information content (AvgIpc) is 3.24. The summed E-state index contributed by atoms with van der Waals surface area (Å²) in [4.78, 5) is 26.1. The maximum absolute atomic E-state index is 13.2. The van der Waals surface area contributed by atoms with Crippen LogP contribution >= 0.6 is 0 Å². The minimum Gasteiger partial charge on any atom is -0.462 e. The fraction of sp³-hybridized carbons (Fsp3) is 0.741. The van der Waals surface area contributed by atoms with Gasteiger partial charge in [-0.15, -0.1) is 0 Å². The molecule has 0 aliphatic heterocycles. The first-order chi connectivity index (χ1) is 29.5. The first kappa shape index (κ1) is 57.3. The normalized spacial score (nSPS) is 13.9. The maximum atomic E-state index is 13.2. The van der Waals surface area contributed by atoms with E-state index in [4.69, 9.17) is 4.74 Å². The molecule has 3 N–H and O–H groups in total. The van der Waals surface area contributed by atoms with Crippen LogP contribution in [0.4, 0.5) is 0 Å². The molecule has 0 radical (unpaired) electrons. The molecule has 0 fully saturated rings. The third-order valence-electron chi connectivity index (χ3n) is 11.1. The van der Waals surface area contributed by atoms with Crippen LogP contribution in [0.2, 0.25) is 0 Å². The van der Waals surface area contributed by atoms with Gasteiger partial charge in [0.1, 0.15) is 6.10 Å². The second kappa shape index (κ2) is 47.4. The first-order valence-electron chi connectivity index (χ1n) is 25.2. The van der Waals surface area contributed by atoms with Crippen molar-refractivity contribution in [1.82, 2.24) is 5.32 Å². The topological polar surface area (TPSA) is 95.9 Å². The number of carbonyl (C=O) groups is 2. The summed E-state index contributed by atoms with van der Waals surface area (Å²) in [6.45, 7) is 6.31. The molecule has 0 aromatic heterocycles. The van der Waals surface area contributed by atoms with Crippen LogP contribution in [0.3, 0.4) is 0 Å². The standard InChI is InChI=1S/C54H95NO5/c1-4-7-10-13-16-19-22-24-26-28-29-31-33-36-39-42-45-50(60-54(59)47-44-41-38-35-32-30-27-25-23-20-17-14-11-8-5-2)48-53(58)55-51(49-56)52(57)46-43-40-37-34-21-18-15-12-9-6-3/h8,11,14,17,20,23,25,27,29-32,50-52,56-57H,4-7,9-10,12-13,15-16,18-19,21-22,24,26,28,33-49H2,1-3H3,(H,55,58)/b11-8+,17-14+,23-20-,27-25-,31-29+,32-30+. The van der Waals surface area contributed by atoms with Gasteiger partial charge in [-0.05, 0) is 70.6 Å². The molecule has 346 valence electrons. The van der Waals surface area contributed by atoms with Gasteiger partial charge >= 0.3 is 5.97 Å². The average molecular weight is 838 g/mol. The number of hydrogen-bond acceptors (Lipinski definition) is 5. The van der Waals surface area contributed by atoms with E-state index in [0.29, 0.717) is 19.3 Å². The van der Waals surface area contributed by atoms with Crippen molar-refractivity contribution in [3.8, 4) is 0 Å². The highest BCUT2D eigenvalue weighted by Gasteiger charge is 2.24. The van der Waals surface area contributed by atoms with Crippen LogP contribution < -0.4 is 5.32 Å². The Morgan fingerprint density at radius 1 is 0.500 bits per heavy atom. The summed E-state index contributed by atoms with van der Waals surface area (Å²) in [5.74, 6) is -0.540. The van der Waals surface area contributed by atoms with E-state index in [1.54, 1.807) is 0 Å². The Balaban J connectivity index is 4.71. The van der Waals surface area contributed by atoms with Gasteiger partial charge in [0.25, 0.3) is 0 Å². The molecule has 0 aliphatic carbocycles. The van der Waals surface area contributed by atoms with Gasteiger partial charge in [0.15, 0.2) is 0 Å². The molecule has 0 rings (SSSR count). The van der Waals surface area contributed by atoms with Gasteiger partial charge in [0, 0.05) is 6.42 Å². The van der Waals surface area contributed by atoms with Crippen molar-refractivity contribution in [1.29, 1.82) is 0 Å². The minimum atomic E-state index is -0.800. The molecule has 6 nitrogen and oxygen atoms in total. The SMILES string of the molecule is CC/C=C/C=C/C=C\C=C/C=C/CCCCCC(=O)OC(CCCCC/C=C/CCCCCCCCCCC)CC(=O)NC(CO)C(O)CCCCCCCCCCCC. The zero-order valence-electron chi connectivity index (χ0n) is 39.3. The smallest absolute Gasteiger partial charge is 0.306 e. The van der Waals surface area contributed by atoms with Crippen molar-refractivity contribution in [3.63, 3.8) is 0 Å². The Hall–Kier alpha value is -2.70. The van der Waals surface area contributed by atoms with Crippen LogP contribution in [0, 0.1) is 0 Å². The summed E-state index contributed by atoms with van der Waals surface area (Å²) in [6.07, 6.45) is 59.6. The van der Waals surface area contributed by atoms with Gasteiger partial charge in [-0.3, -0.25) is 9.59 Å². The number of ether oxygens (including phenoxy) is 1. The summed E-state index contributed by atoms with van der Waals surface area (Å²) in [5, 5.41) is 23.7. The Bertz CT molecular complexity index is 1120. The predicted molar refractivity (Wildman–Crippen MR) is 259 cm³/mol. The van der Waals surface area contributed by atoms with E-state index in [-0.39, 0.29) is 24.9 Å². The van der Waals surface area contributed by atoms with E-state index >= 15 is 0 Å². The number of carbonyl (C=O) groups excluding carboxylic acids is 2. The van der Waals surface area contributed by atoms with Gasteiger partial charge in [-0.2, -0.15) is 0 Å². The summed E-state index contributed by atoms with van der Waals surface area (Å²) < 4.78 is 5.90. The Morgan fingerprint density at radius 3 is 1.43 bits per heavy atom. The lowest BCUT2D eigenvalue weighted by atomic mass is 10.0. The van der Waals surface area contributed by atoms with Crippen LogP contribution in [0.25, 0.3) is 0 Å². The van der Waals surface area contributed by atoms with Gasteiger partial charge in [-0.1, -0.05) is 222 Å². The second-order valence-corrected chi connectivity index (χ2v) is 17.0. The van der Waals surface area contributed by atoms with Crippen molar-refractivity contribution in [2.45, 2.75) is 251 Å². The van der Waals surface area contributed by atoms with Gasteiger partial charge in [0.2, 0.25) is 5.91 Å². The molecule has 0 aromatic rings. The molecule has 0 saturated carbocycles. The van der Waals surface area contributed by atoms with Gasteiger partial charge < -0.3 is 20.3 Å². The number of unbranched alkanes of at least 4 members (excludes halogenated alkanes) is 24. The number of esters is 1. The molecule has 0 spiro atoms. The Morgan fingerprint density at radius 2 is 0.917 bits per heavy atom. The number of nitrogens with one attached hydrogen (secondary N) is 1. The number of hydrogen-bond donors (Lipinski definition) is 3. The van der Waals surface area contributed by atoms with E-state index < -0.39 is 18.2 Å². The maximum Gasteiger partial charge on any atom is 0.306 e. The molecule has 0 bridgehead atoms. The summed E-state index contributed by atoms with van der Waals surface area (Å²) in [6, 6.07) is -0.717. The molecular weight excluding hydrogens is 743 g/mol. The molecule has 3 unspecified atom stereocenters. The number of aliphatic hydroxyl groups is 2. The molecule has 0 saturated heterocycles. The van der Waals surface area contributed by atoms with Gasteiger partial charge in [0.05, 0.1) is 25.2 Å². The van der Waals surface area contributed by atoms with Crippen molar-refractivity contribution < 1.29 is 24.5 Å². The monoisotopic (exact) mass is 838 g/mol. The number of allylic oxidation sites excluding steroid dienone is 12. The Kier molecular flexibility index (Phi) is 45.2. The summed E-state index contributed by atoms with van der Waals surface area (Å²) in [5.41, 5.74) is 0. The largest absolute Gasteiger partial charge is 0.462 e. The highest BCUT2D eigenvalue weighted by Crippen LogP contribution is 2.17. The molecule has 0 aliphatic rings. The van der Waals surface area contributed by atoms with Crippen LogP contribution in [-0.4, -0.2) is 46.9 Å². The van der Waals surface area contributed by atoms with Crippen LogP contribution in [0.1, 0.15) is 233 Å². The predicted octanol–water partition coefficient (Wildman–Crippen LogP) is 15.0. The van der Waals surface area contributed by atoms with E-state index in [1.807, 2.05) is 42.5 Å². The van der Waals surface area contributed by atoms with Crippen LogP contribution in [0.5, 0.6) is 0 Å². The Labute approximate surface area is 371 Å². The fourth-order valence-corrected chi connectivity index (χ4v) is 7.33. The third-order valence-corrected chi connectivity index (χ3v) is 11.1. The second-order valence-electron chi connectivity index (χ2n) is 17.0. The first-order valence-corrected chi connectivity index (χ1v) is 25.2. The van der Waals surface area contributed by atoms with E-state index in [9.17, 15) is 19.8 Å². The van der Waals surface area contributed by atoms with E-state index in [0.717, 1.165) is 83.5 Å². The minimum absolute atomic E-state index is 0.0472. The highest BCUT2D eigenvalue weighted by atomic mass is 16.5. The zero-order valence-corrected chi connectivity index (χ0v) is 39.3. The molecule has 3 atom stereocenters. The lowest BCUT2D eigenvalue weighted by Crippen LogP contribution is -2.46. The lowest BCUT2D eigenvalue weighted by molar-refractivity contribution is -0.151. The quantitative estimate of drug-likeness (QED) is 0.0246. The number of rotatable bonds is 44. The molecular formula is C54H95NO5. The zero-order chi connectivity index (χ0) is 43.8. The van der Waals surface area contributed by atoms with Crippen molar-refractivity contribution >= 4 is 11.9 Å². The number of amides is 1. The molecule has 0 heterocycles. The summed E-state index contributed by atoms with van der Waals surface area (Å²) in [7, 11) is 0. The fourth-order valence-electron chi connectivity index (χ4n) is 7.33. The molecule has 6 heteroatoms. The van der Waals surface area contributed by atoms with Gasteiger partial charge in [-0.25, -0.2) is 0 Å². The van der Waals surface area contributed by atoms with E-state index in [1.165, 1.54) is 103 Å². The molecule has 1 amide bonds. The lowest BCUT2D eigenvalue weighted by Gasteiger charge is -2.24. The van der Waals surface area contributed by atoms with Crippen LogP contribution in [-0.2, 0) is 14.3 Å². The molecule has 0 aromatic carbocycles. The van der Waals surface area contributed by atoms with Crippen LogP contribution in [0.15, 0.2) is 72.9 Å². The third kappa shape index (κ3) is 42.0. The van der Waals surface area contributed by atoms with Crippen molar-refractivity contribution in [2.24, 2.45) is 0 Å². The molecule has 60 heavy (non-hydrogen) atoms. The van der Waals surface area contributed by atoms with E-state index in [2.05, 4.69) is 56.5 Å². The number of aliphatic hydroxyl groups excluding tert-OH is 2. The van der Waals surface area contributed by atoms with Crippen molar-refractivity contribution in [2.75, 3.05) is 6.61 Å². The highest BCUT2D eigenvalue weighted by molar-refractivity contribution is 5.77. The van der Waals surface area contributed by atoms with Crippen molar-refractivity contribution in [3.05, 3.63) is 72.9 Å².